The van der Waals surface area contributed by atoms with Gasteiger partial charge in [-0.25, -0.2) is 0 Å². The van der Waals surface area contributed by atoms with Gasteiger partial charge in [-0.15, -0.1) is 0 Å². The molecule has 1 amide bonds. The van der Waals surface area contributed by atoms with E-state index in [1.54, 1.807) is 31.4 Å². The maximum absolute atomic E-state index is 13.0. The molecular weight excluding hydrogens is 386 g/mol. The van der Waals surface area contributed by atoms with E-state index in [2.05, 4.69) is 4.98 Å². The van der Waals surface area contributed by atoms with Crippen LogP contribution in [0, 0.1) is 5.21 Å². The number of carbonyl (C=O) groups excluding carboxylic acids is 2. The average Bonchev–Trinajstić information content (AvgIpc) is 3.33. The summed E-state index contributed by atoms with van der Waals surface area (Å²) >= 11 is 0. The first kappa shape index (κ1) is 20.3. The maximum Gasteiger partial charge on any atom is 0.228 e. The number of methoxy groups -OCH3 is 1. The molecule has 1 saturated carbocycles. The molecule has 1 aromatic heterocycles. The molecule has 0 spiro atoms. The third kappa shape index (κ3) is 3.76. The summed E-state index contributed by atoms with van der Waals surface area (Å²) < 4.78 is 11.6. The largest absolute Gasteiger partial charge is 0.628 e. The Kier molecular flexibility index (Phi) is 5.69. The number of primary amides is 1. The summed E-state index contributed by atoms with van der Waals surface area (Å²) in [6.45, 7) is 0. The molecule has 8 nitrogen and oxygen atoms in total. The van der Waals surface area contributed by atoms with Gasteiger partial charge in [0.05, 0.1) is 19.1 Å². The van der Waals surface area contributed by atoms with E-state index in [0.717, 1.165) is 25.7 Å². The van der Waals surface area contributed by atoms with Crippen molar-refractivity contribution in [3.63, 3.8) is 0 Å². The van der Waals surface area contributed by atoms with Gasteiger partial charge < -0.3 is 25.5 Å². The predicted molar refractivity (Wildman–Crippen MR) is 109 cm³/mol. The number of ketones is 1. The lowest BCUT2D eigenvalue weighted by atomic mass is 9.86. The van der Waals surface area contributed by atoms with Gasteiger partial charge in [0, 0.05) is 24.9 Å². The van der Waals surface area contributed by atoms with E-state index in [0.29, 0.717) is 22.7 Å². The lowest BCUT2D eigenvalue weighted by Crippen LogP contribution is -3.06. The van der Waals surface area contributed by atoms with Gasteiger partial charge in [0.2, 0.25) is 11.7 Å². The quantitative estimate of drug-likeness (QED) is 0.669. The van der Waals surface area contributed by atoms with Crippen LogP contribution < -0.4 is 20.3 Å². The van der Waals surface area contributed by atoms with Crippen LogP contribution in [0.3, 0.4) is 0 Å². The topological polar surface area (TPSA) is 119 Å². The molecule has 1 fully saturated rings. The number of pyridine rings is 1. The highest BCUT2D eigenvalue weighted by atomic mass is 16.5. The Morgan fingerprint density at radius 2 is 2.07 bits per heavy atom. The van der Waals surface area contributed by atoms with Crippen molar-refractivity contribution in [2.24, 2.45) is 5.73 Å². The van der Waals surface area contributed by atoms with E-state index in [1.165, 1.54) is 12.4 Å². The summed E-state index contributed by atoms with van der Waals surface area (Å²) in [6, 6.07) is 5.80. The summed E-state index contributed by atoms with van der Waals surface area (Å²) in [6.07, 6.45) is 7.05. The summed E-state index contributed by atoms with van der Waals surface area (Å²) in [5.74, 6) is -0.479. The fourth-order valence-corrected chi connectivity index (χ4v) is 4.47. The van der Waals surface area contributed by atoms with E-state index in [4.69, 9.17) is 15.2 Å². The molecule has 2 heterocycles. The van der Waals surface area contributed by atoms with E-state index >= 15 is 0 Å². The van der Waals surface area contributed by atoms with Crippen molar-refractivity contribution in [3.8, 4) is 11.5 Å². The van der Waals surface area contributed by atoms with Gasteiger partial charge in [-0.1, -0.05) is 6.07 Å². The van der Waals surface area contributed by atoms with Crippen LogP contribution in [0.25, 0.3) is 0 Å². The van der Waals surface area contributed by atoms with E-state index < -0.39 is 17.9 Å². The molecule has 0 saturated heterocycles. The Morgan fingerprint density at radius 1 is 1.30 bits per heavy atom. The summed E-state index contributed by atoms with van der Waals surface area (Å²) in [5.41, 5.74) is 6.77. The molecule has 4 rings (SSSR count). The average molecular weight is 411 g/mol. The molecule has 1 aliphatic carbocycles. The number of nitrogens with two attached hydrogens (primary N) is 1. The zero-order valence-electron chi connectivity index (χ0n) is 16.8. The fourth-order valence-electron chi connectivity index (χ4n) is 4.47. The zero-order chi connectivity index (χ0) is 21.3. The molecule has 158 valence electrons. The van der Waals surface area contributed by atoms with Crippen LogP contribution in [0.15, 0.2) is 36.7 Å². The van der Waals surface area contributed by atoms with Crippen molar-refractivity contribution in [1.82, 2.24) is 4.98 Å². The van der Waals surface area contributed by atoms with Crippen molar-refractivity contribution in [3.05, 3.63) is 53.0 Å². The number of carbonyl (C=O) groups is 2. The number of ether oxygens (including phenoxy) is 2. The van der Waals surface area contributed by atoms with E-state index in [9.17, 15) is 14.8 Å². The van der Waals surface area contributed by atoms with Crippen molar-refractivity contribution in [2.45, 2.75) is 50.2 Å². The second-order valence-electron chi connectivity index (χ2n) is 7.84. The van der Waals surface area contributed by atoms with Crippen LogP contribution in [-0.2, 0) is 4.79 Å². The normalized spacial score (nSPS) is 22.0. The van der Waals surface area contributed by atoms with Crippen molar-refractivity contribution >= 4 is 17.4 Å². The second kappa shape index (κ2) is 8.41. The fraction of sp³-hybridized carbons (Fsp3) is 0.409. The SMILES string of the molecule is COc1ccc(C(CC(N)=O)C2C(=O)c3cnccc3[NH+]2[O-])cc1OC1CCCC1. The molecule has 3 atom stereocenters. The van der Waals surface area contributed by atoms with Gasteiger partial charge in [-0.3, -0.25) is 14.6 Å². The number of hydrogen-bond acceptors (Lipinski definition) is 6. The minimum absolute atomic E-state index is 0.105. The highest BCUT2D eigenvalue weighted by Gasteiger charge is 2.45. The number of hydroxylamine groups is 1. The van der Waals surface area contributed by atoms with Crippen molar-refractivity contribution in [2.75, 3.05) is 7.11 Å². The molecule has 0 radical (unpaired) electrons. The van der Waals surface area contributed by atoms with E-state index in [1.807, 2.05) is 0 Å². The number of nitrogens with one attached hydrogen (secondary N) is 1. The number of Topliss-reactive ketones (excluding diaryl/α,β-unsaturated/α-hetero) is 1. The van der Waals surface area contributed by atoms with Crippen LogP contribution in [0.4, 0.5) is 5.69 Å². The molecule has 2 aromatic rings. The number of fused-ring (bicyclic) bond motifs is 1. The highest BCUT2D eigenvalue weighted by Crippen LogP contribution is 2.37. The molecule has 1 aliphatic heterocycles. The Bertz CT molecular complexity index is 958. The lowest BCUT2D eigenvalue weighted by molar-refractivity contribution is -0.792. The van der Waals surface area contributed by atoms with Gasteiger partial charge in [0.25, 0.3) is 0 Å². The number of hydrogen-bond donors (Lipinski definition) is 2. The van der Waals surface area contributed by atoms with Gasteiger partial charge in [-0.2, -0.15) is 0 Å². The highest BCUT2D eigenvalue weighted by molar-refractivity contribution is 6.05. The monoisotopic (exact) mass is 411 g/mol. The molecule has 3 N–H and O–H groups in total. The number of amides is 1. The van der Waals surface area contributed by atoms with Crippen LogP contribution in [0.1, 0.15) is 53.9 Å². The molecule has 2 aliphatic rings. The summed E-state index contributed by atoms with van der Waals surface area (Å²) in [7, 11) is 1.56. The predicted octanol–water partition coefficient (Wildman–Crippen LogP) is 1.65. The number of benzene rings is 1. The summed E-state index contributed by atoms with van der Waals surface area (Å²) in [4.78, 5) is 28.8. The van der Waals surface area contributed by atoms with Crippen LogP contribution in [0.2, 0.25) is 0 Å². The molecule has 30 heavy (non-hydrogen) atoms. The Hall–Kier alpha value is -2.97. The maximum atomic E-state index is 13.0. The number of nitrogens with zero attached hydrogens (tertiary/aromatic N) is 1. The third-order valence-electron chi connectivity index (χ3n) is 5.95. The zero-order valence-corrected chi connectivity index (χ0v) is 16.8. The Balaban J connectivity index is 1.71. The van der Waals surface area contributed by atoms with Crippen molar-refractivity contribution in [1.29, 1.82) is 0 Å². The third-order valence-corrected chi connectivity index (χ3v) is 5.95. The van der Waals surface area contributed by atoms with Gasteiger partial charge in [-0.05, 0) is 43.4 Å². The number of quaternary nitrogens is 1. The molecule has 8 heteroatoms. The molecular formula is C22H25N3O5. The summed E-state index contributed by atoms with van der Waals surface area (Å²) in [5, 5.41) is 12.7. The minimum atomic E-state index is -1.01. The van der Waals surface area contributed by atoms with Crippen molar-refractivity contribution < 1.29 is 24.1 Å². The first-order valence-corrected chi connectivity index (χ1v) is 10.1. The van der Waals surface area contributed by atoms with Gasteiger partial charge in [0.15, 0.2) is 17.5 Å². The number of aromatic nitrogens is 1. The standard InChI is InChI=1S/C22H25N3O5/c1-29-18-7-6-13(10-19(18)30-14-4-2-3-5-14)15(11-20(23)26)21-22(27)16-12-24-9-8-17(16)25(21)28/h6-10,12,14-15,21,25H,2-5,11H2,1H3,(H2,23,26). The van der Waals surface area contributed by atoms with Gasteiger partial charge >= 0.3 is 0 Å². The van der Waals surface area contributed by atoms with Crippen LogP contribution in [0.5, 0.6) is 11.5 Å². The minimum Gasteiger partial charge on any atom is -0.628 e. The Labute approximate surface area is 174 Å². The Morgan fingerprint density at radius 3 is 2.73 bits per heavy atom. The molecule has 1 aromatic carbocycles. The molecule has 0 bridgehead atoms. The first-order chi connectivity index (χ1) is 14.5. The number of rotatable bonds is 7. The van der Waals surface area contributed by atoms with Gasteiger partial charge in [0.1, 0.15) is 11.3 Å². The molecule has 3 unspecified atom stereocenters. The van der Waals surface area contributed by atoms with Crippen LogP contribution in [-0.4, -0.2) is 35.9 Å². The van der Waals surface area contributed by atoms with E-state index in [-0.39, 0.29) is 28.9 Å². The smallest absolute Gasteiger partial charge is 0.228 e. The lowest BCUT2D eigenvalue weighted by Gasteiger charge is -2.30. The second-order valence-corrected chi connectivity index (χ2v) is 7.84. The first-order valence-electron chi connectivity index (χ1n) is 10.1. The van der Waals surface area contributed by atoms with Crippen LogP contribution >= 0.6 is 0 Å².